The molecular weight excluding hydrogens is 346 g/mol. The van der Waals surface area contributed by atoms with Gasteiger partial charge in [-0.05, 0) is 40.2 Å². The molecule has 0 bridgehead atoms. The topological polar surface area (TPSA) is 94.3 Å². The van der Waals surface area contributed by atoms with Crippen molar-refractivity contribution < 1.29 is 13.2 Å². The van der Waals surface area contributed by atoms with Gasteiger partial charge in [0.15, 0.2) is 0 Å². The van der Waals surface area contributed by atoms with Gasteiger partial charge in [0.1, 0.15) is 16.5 Å². The molecule has 6 nitrogen and oxygen atoms in total. The number of halogens is 1. The fourth-order valence-corrected chi connectivity index (χ4v) is 3.05. The lowest BCUT2D eigenvalue weighted by atomic mass is 10.3. The van der Waals surface area contributed by atoms with Gasteiger partial charge in [-0.25, -0.2) is 13.4 Å². The first-order valence-electron chi connectivity index (χ1n) is 5.51. The Hall–Kier alpha value is -1.80. The number of nitrogen functional groups attached to an aromatic ring is 1. The summed E-state index contributed by atoms with van der Waals surface area (Å²) in [6.07, 6.45) is 1.49. The van der Waals surface area contributed by atoms with Gasteiger partial charge in [0.2, 0.25) is 0 Å². The van der Waals surface area contributed by atoms with E-state index >= 15 is 0 Å². The number of nitrogens with zero attached hydrogens (tertiary/aromatic N) is 1. The van der Waals surface area contributed by atoms with Crippen LogP contribution in [0.1, 0.15) is 0 Å². The molecule has 1 aromatic heterocycles. The van der Waals surface area contributed by atoms with Crippen LogP contribution in [0, 0.1) is 0 Å². The van der Waals surface area contributed by atoms with E-state index in [9.17, 15) is 8.42 Å². The summed E-state index contributed by atoms with van der Waals surface area (Å²) < 4.78 is 32.7. The fourth-order valence-electron chi connectivity index (χ4n) is 1.54. The summed E-state index contributed by atoms with van der Waals surface area (Å²) in [5.41, 5.74) is 6.02. The number of aromatic nitrogens is 1. The maximum absolute atomic E-state index is 12.3. The number of hydrogen-bond acceptors (Lipinski definition) is 5. The summed E-state index contributed by atoms with van der Waals surface area (Å²) in [6.45, 7) is 0. The third-order valence-corrected chi connectivity index (χ3v) is 4.54. The summed E-state index contributed by atoms with van der Waals surface area (Å²) in [7, 11) is -2.45. The third kappa shape index (κ3) is 3.02. The Morgan fingerprint density at radius 1 is 1.35 bits per heavy atom. The van der Waals surface area contributed by atoms with Crippen LogP contribution in [0.5, 0.6) is 5.75 Å². The van der Waals surface area contributed by atoms with E-state index in [4.69, 9.17) is 10.5 Å². The highest BCUT2D eigenvalue weighted by atomic mass is 79.9. The smallest absolute Gasteiger partial charge is 0.266 e. The van der Waals surface area contributed by atoms with E-state index in [1.54, 1.807) is 18.2 Å². The van der Waals surface area contributed by atoms with Crippen molar-refractivity contribution in [2.24, 2.45) is 0 Å². The average Bonchev–Trinajstić information content (AvgIpc) is 2.42. The Balaban J connectivity index is 2.47. The van der Waals surface area contributed by atoms with Gasteiger partial charge in [-0.15, -0.1) is 0 Å². The zero-order valence-electron chi connectivity index (χ0n) is 10.5. The standard InChI is InChI=1S/C12H12BrN3O3S/c1-19-10-6-8(13)9(14)7-11(10)20(17,18)16-12-4-2-3-5-15-12/h2-7H,14H2,1H3,(H,15,16). The molecule has 0 spiro atoms. The third-order valence-electron chi connectivity index (χ3n) is 2.48. The van der Waals surface area contributed by atoms with Crippen LogP contribution in [0.2, 0.25) is 0 Å². The molecule has 0 atom stereocenters. The summed E-state index contributed by atoms with van der Waals surface area (Å²) >= 11 is 3.22. The molecule has 0 radical (unpaired) electrons. The first-order valence-corrected chi connectivity index (χ1v) is 7.78. The van der Waals surface area contributed by atoms with Gasteiger partial charge in [-0.3, -0.25) is 4.72 Å². The number of pyridine rings is 1. The van der Waals surface area contributed by atoms with E-state index in [1.807, 2.05) is 0 Å². The van der Waals surface area contributed by atoms with Crippen LogP contribution >= 0.6 is 15.9 Å². The number of sulfonamides is 1. The minimum atomic E-state index is -3.83. The lowest BCUT2D eigenvalue weighted by molar-refractivity contribution is 0.402. The highest BCUT2D eigenvalue weighted by Gasteiger charge is 2.21. The van der Waals surface area contributed by atoms with Crippen LogP contribution < -0.4 is 15.2 Å². The van der Waals surface area contributed by atoms with Crippen LogP contribution in [0.15, 0.2) is 45.9 Å². The lowest BCUT2D eigenvalue weighted by Crippen LogP contribution is -2.15. The minimum absolute atomic E-state index is 0.0497. The molecule has 0 saturated heterocycles. The molecule has 20 heavy (non-hydrogen) atoms. The molecule has 8 heteroatoms. The van der Waals surface area contributed by atoms with E-state index in [-0.39, 0.29) is 16.5 Å². The molecule has 1 heterocycles. The number of ether oxygens (including phenoxy) is 1. The summed E-state index contributed by atoms with van der Waals surface area (Å²) in [6, 6.07) is 7.75. The highest BCUT2D eigenvalue weighted by Crippen LogP contribution is 2.32. The predicted molar refractivity (Wildman–Crippen MR) is 80.2 cm³/mol. The molecule has 106 valence electrons. The van der Waals surface area contributed by atoms with Gasteiger partial charge in [-0.1, -0.05) is 6.07 Å². The number of methoxy groups -OCH3 is 1. The van der Waals surface area contributed by atoms with Crippen LogP contribution in [-0.2, 0) is 10.0 Å². The number of hydrogen-bond donors (Lipinski definition) is 2. The van der Waals surface area contributed by atoms with Gasteiger partial charge in [0.05, 0.1) is 7.11 Å². The number of anilines is 2. The van der Waals surface area contributed by atoms with E-state index in [0.717, 1.165) is 0 Å². The molecule has 0 aliphatic carbocycles. The number of benzene rings is 1. The van der Waals surface area contributed by atoms with Crippen LogP contribution in [-0.4, -0.2) is 20.5 Å². The van der Waals surface area contributed by atoms with E-state index < -0.39 is 10.0 Å². The minimum Gasteiger partial charge on any atom is -0.495 e. The van der Waals surface area contributed by atoms with E-state index in [0.29, 0.717) is 10.2 Å². The Labute approximate surface area is 125 Å². The molecule has 1 aromatic carbocycles. The van der Waals surface area contributed by atoms with Crippen molar-refractivity contribution in [1.29, 1.82) is 0 Å². The Morgan fingerprint density at radius 2 is 2.10 bits per heavy atom. The molecular formula is C12H12BrN3O3S. The first-order chi connectivity index (χ1) is 9.44. The normalized spacial score (nSPS) is 11.1. The quantitative estimate of drug-likeness (QED) is 0.818. The molecule has 0 fully saturated rings. The van der Waals surface area contributed by atoms with Crippen molar-refractivity contribution in [3.63, 3.8) is 0 Å². The fraction of sp³-hybridized carbons (Fsp3) is 0.0833. The molecule has 0 aliphatic heterocycles. The Bertz CT molecular complexity index is 720. The van der Waals surface area contributed by atoms with E-state index in [2.05, 4.69) is 25.6 Å². The van der Waals surface area contributed by atoms with Crippen LogP contribution in [0.25, 0.3) is 0 Å². The largest absolute Gasteiger partial charge is 0.495 e. The number of rotatable bonds is 4. The van der Waals surface area contributed by atoms with Crippen molar-refractivity contribution in [1.82, 2.24) is 4.98 Å². The molecule has 2 rings (SSSR count). The lowest BCUT2D eigenvalue weighted by Gasteiger charge is -2.12. The number of nitrogens with two attached hydrogens (primary N) is 1. The zero-order chi connectivity index (χ0) is 14.8. The maximum Gasteiger partial charge on any atom is 0.266 e. The summed E-state index contributed by atoms with van der Waals surface area (Å²) in [4.78, 5) is 3.86. The van der Waals surface area contributed by atoms with Gasteiger partial charge >= 0.3 is 0 Å². The molecule has 0 amide bonds. The summed E-state index contributed by atoms with van der Waals surface area (Å²) in [5, 5.41) is 0. The van der Waals surface area contributed by atoms with Crippen molar-refractivity contribution in [2.75, 3.05) is 17.6 Å². The molecule has 0 saturated carbocycles. The Morgan fingerprint density at radius 3 is 2.70 bits per heavy atom. The molecule has 0 aliphatic rings. The zero-order valence-corrected chi connectivity index (χ0v) is 12.9. The second-order valence-electron chi connectivity index (χ2n) is 3.85. The van der Waals surface area contributed by atoms with Crippen LogP contribution in [0.3, 0.4) is 0 Å². The van der Waals surface area contributed by atoms with Crippen molar-refractivity contribution >= 4 is 37.5 Å². The van der Waals surface area contributed by atoms with Gasteiger partial charge in [-0.2, -0.15) is 0 Å². The highest BCUT2D eigenvalue weighted by molar-refractivity contribution is 9.10. The second kappa shape index (κ2) is 5.68. The van der Waals surface area contributed by atoms with Crippen molar-refractivity contribution in [3.8, 4) is 5.75 Å². The van der Waals surface area contributed by atoms with E-state index in [1.165, 1.54) is 25.4 Å². The molecule has 0 unspecified atom stereocenters. The SMILES string of the molecule is COc1cc(Br)c(N)cc1S(=O)(=O)Nc1ccccn1. The Kier molecular flexibility index (Phi) is 4.15. The first kappa shape index (κ1) is 14.6. The second-order valence-corrected chi connectivity index (χ2v) is 6.35. The van der Waals surface area contributed by atoms with Crippen molar-refractivity contribution in [3.05, 3.63) is 41.0 Å². The van der Waals surface area contributed by atoms with Crippen LogP contribution in [0.4, 0.5) is 11.5 Å². The number of nitrogens with one attached hydrogen (secondary N) is 1. The van der Waals surface area contributed by atoms with Crippen molar-refractivity contribution in [2.45, 2.75) is 4.90 Å². The predicted octanol–water partition coefficient (Wildman–Crippen LogP) is 2.24. The van der Waals surface area contributed by atoms with Gasteiger partial charge in [0, 0.05) is 16.4 Å². The molecule has 3 N–H and O–H groups in total. The average molecular weight is 358 g/mol. The molecule has 2 aromatic rings. The maximum atomic E-state index is 12.3. The summed E-state index contributed by atoms with van der Waals surface area (Å²) in [5.74, 6) is 0.408. The van der Waals surface area contributed by atoms with Gasteiger partial charge < -0.3 is 10.5 Å². The van der Waals surface area contributed by atoms with Gasteiger partial charge in [0.25, 0.3) is 10.0 Å². The monoisotopic (exact) mass is 357 g/mol.